The zero-order valence-electron chi connectivity index (χ0n) is 15.8. The molecule has 0 atom stereocenters. The molecule has 140 valence electrons. The van der Waals surface area contributed by atoms with Gasteiger partial charge in [-0.3, -0.25) is 10.1 Å². The van der Waals surface area contributed by atoms with E-state index in [0.717, 1.165) is 55.1 Å². The Balaban J connectivity index is 1.70. The molecule has 1 aromatic heterocycles. The van der Waals surface area contributed by atoms with Gasteiger partial charge in [-0.25, -0.2) is 4.98 Å². The van der Waals surface area contributed by atoms with Gasteiger partial charge in [-0.2, -0.15) is 0 Å². The van der Waals surface area contributed by atoms with Crippen LogP contribution in [0.2, 0.25) is 0 Å². The number of anilines is 1. The van der Waals surface area contributed by atoms with Crippen LogP contribution in [0.5, 0.6) is 0 Å². The van der Waals surface area contributed by atoms with Gasteiger partial charge in [-0.15, -0.1) is 0 Å². The largest absolute Gasteiger partial charge is 0.386 e. The third kappa shape index (κ3) is 3.25. The first-order valence-electron chi connectivity index (χ1n) is 9.99. The van der Waals surface area contributed by atoms with Gasteiger partial charge in [0.05, 0.1) is 16.6 Å². The maximum atomic E-state index is 12.7. The summed E-state index contributed by atoms with van der Waals surface area (Å²) in [6.45, 7) is 3.59. The smallest absolute Gasteiger partial charge is 0.229 e. The highest BCUT2D eigenvalue weighted by atomic mass is 16.3. The predicted molar refractivity (Wildman–Crippen MR) is 103 cm³/mol. The minimum absolute atomic E-state index is 0.114. The molecule has 2 saturated carbocycles. The molecule has 2 fully saturated rings. The zero-order valence-corrected chi connectivity index (χ0v) is 15.8. The third-order valence-electron chi connectivity index (χ3n) is 6.05. The minimum Gasteiger partial charge on any atom is -0.386 e. The number of benzene rings is 1. The molecule has 26 heavy (non-hydrogen) atoms. The number of hydrogen-bond acceptors (Lipinski definition) is 3. The minimum atomic E-state index is -0.894. The van der Waals surface area contributed by atoms with Gasteiger partial charge in [0.15, 0.2) is 0 Å². The highest BCUT2D eigenvalue weighted by Gasteiger charge is 2.28. The number of imidazole rings is 1. The van der Waals surface area contributed by atoms with Gasteiger partial charge in [0.2, 0.25) is 11.9 Å². The van der Waals surface area contributed by atoms with Crippen molar-refractivity contribution in [3.8, 4) is 0 Å². The summed E-state index contributed by atoms with van der Waals surface area (Å²) in [7, 11) is 0. The average Bonchev–Trinajstić information content (AvgIpc) is 2.91. The Morgan fingerprint density at radius 1 is 1.15 bits per heavy atom. The molecule has 5 nitrogen and oxygen atoms in total. The number of aromatic nitrogens is 2. The van der Waals surface area contributed by atoms with Crippen LogP contribution in [0.4, 0.5) is 5.95 Å². The SMILES string of the molecule is CC(C)(O)c1ccc2nc(NC(=O)C3CCCCC3)n(C3CCC3)c2c1. The monoisotopic (exact) mass is 355 g/mol. The Morgan fingerprint density at radius 3 is 2.50 bits per heavy atom. The summed E-state index contributed by atoms with van der Waals surface area (Å²) in [6.07, 6.45) is 8.94. The first-order valence-corrected chi connectivity index (χ1v) is 9.99. The van der Waals surface area contributed by atoms with Crippen LogP contribution >= 0.6 is 0 Å². The van der Waals surface area contributed by atoms with Crippen molar-refractivity contribution in [2.24, 2.45) is 5.92 Å². The van der Waals surface area contributed by atoms with Gasteiger partial charge in [0, 0.05) is 12.0 Å². The zero-order chi connectivity index (χ0) is 18.3. The number of rotatable bonds is 4. The first-order chi connectivity index (χ1) is 12.4. The lowest BCUT2D eigenvalue weighted by molar-refractivity contribution is -0.120. The summed E-state index contributed by atoms with van der Waals surface area (Å²) < 4.78 is 2.19. The van der Waals surface area contributed by atoms with Gasteiger partial charge in [0.1, 0.15) is 0 Å². The molecule has 0 unspecified atom stereocenters. The third-order valence-corrected chi connectivity index (χ3v) is 6.05. The number of amides is 1. The molecule has 2 aliphatic rings. The normalized spacial score (nSPS) is 19.5. The Morgan fingerprint density at radius 2 is 1.88 bits per heavy atom. The molecule has 0 radical (unpaired) electrons. The summed E-state index contributed by atoms with van der Waals surface area (Å²) in [5.74, 6) is 0.904. The number of carbonyl (C=O) groups is 1. The van der Waals surface area contributed by atoms with Crippen LogP contribution in [0, 0.1) is 5.92 Å². The Labute approximate surface area is 154 Å². The number of nitrogens with one attached hydrogen (secondary N) is 1. The van der Waals surface area contributed by atoms with Gasteiger partial charge in [-0.05, 0) is 63.6 Å². The second-order valence-corrected chi connectivity index (χ2v) is 8.48. The fourth-order valence-corrected chi connectivity index (χ4v) is 4.15. The van der Waals surface area contributed by atoms with E-state index in [-0.39, 0.29) is 11.8 Å². The van der Waals surface area contributed by atoms with E-state index in [9.17, 15) is 9.90 Å². The lowest BCUT2D eigenvalue weighted by Gasteiger charge is -2.30. The van der Waals surface area contributed by atoms with Crippen molar-refractivity contribution in [2.45, 2.75) is 76.9 Å². The first kappa shape index (κ1) is 17.5. The van der Waals surface area contributed by atoms with Gasteiger partial charge >= 0.3 is 0 Å². The van der Waals surface area contributed by atoms with Crippen molar-refractivity contribution in [2.75, 3.05) is 5.32 Å². The second-order valence-electron chi connectivity index (χ2n) is 8.48. The lowest BCUT2D eigenvalue weighted by atomic mass is 9.89. The molecule has 0 saturated heterocycles. The predicted octanol–water partition coefficient (Wildman–Crippen LogP) is 4.51. The molecule has 1 heterocycles. The molecule has 2 aromatic rings. The fourth-order valence-electron chi connectivity index (χ4n) is 4.15. The number of hydrogen-bond donors (Lipinski definition) is 2. The van der Waals surface area contributed by atoms with Crippen LogP contribution in [0.1, 0.15) is 76.8 Å². The van der Waals surface area contributed by atoms with E-state index in [4.69, 9.17) is 4.98 Å². The van der Waals surface area contributed by atoms with Crippen LogP contribution in [0.25, 0.3) is 11.0 Å². The van der Waals surface area contributed by atoms with Crippen molar-refractivity contribution < 1.29 is 9.90 Å². The molecule has 4 rings (SSSR count). The molecule has 0 bridgehead atoms. The molecule has 2 N–H and O–H groups in total. The van der Waals surface area contributed by atoms with E-state index < -0.39 is 5.60 Å². The van der Waals surface area contributed by atoms with Gasteiger partial charge in [-0.1, -0.05) is 25.3 Å². The summed E-state index contributed by atoms with van der Waals surface area (Å²) in [6, 6.07) is 6.29. The topological polar surface area (TPSA) is 67.2 Å². The molecule has 1 amide bonds. The molecule has 1 aromatic carbocycles. The molecule has 2 aliphatic carbocycles. The highest BCUT2D eigenvalue weighted by molar-refractivity contribution is 5.93. The quantitative estimate of drug-likeness (QED) is 0.848. The van der Waals surface area contributed by atoms with Crippen molar-refractivity contribution >= 4 is 22.9 Å². The Kier molecular flexibility index (Phi) is 4.51. The maximum absolute atomic E-state index is 12.7. The number of aliphatic hydroxyl groups is 1. The van der Waals surface area contributed by atoms with Crippen LogP contribution < -0.4 is 5.32 Å². The van der Waals surface area contributed by atoms with Gasteiger partial charge in [0.25, 0.3) is 0 Å². The van der Waals surface area contributed by atoms with Crippen molar-refractivity contribution in [1.29, 1.82) is 0 Å². The Bertz CT molecular complexity index is 809. The van der Waals surface area contributed by atoms with E-state index in [1.165, 1.54) is 12.8 Å². The lowest BCUT2D eigenvalue weighted by Crippen LogP contribution is -2.28. The average molecular weight is 355 g/mol. The molecule has 0 spiro atoms. The van der Waals surface area contributed by atoms with E-state index >= 15 is 0 Å². The van der Waals surface area contributed by atoms with Crippen molar-refractivity contribution in [3.05, 3.63) is 23.8 Å². The molecule has 5 heteroatoms. The number of nitrogens with zero attached hydrogens (tertiary/aromatic N) is 2. The Hall–Kier alpha value is -1.88. The number of carbonyl (C=O) groups excluding carboxylic acids is 1. The fraction of sp³-hybridized carbons (Fsp3) is 0.619. The second kappa shape index (κ2) is 6.69. The van der Waals surface area contributed by atoms with Crippen molar-refractivity contribution in [1.82, 2.24) is 9.55 Å². The van der Waals surface area contributed by atoms with Crippen LogP contribution in [0.3, 0.4) is 0 Å². The summed E-state index contributed by atoms with van der Waals surface area (Å²) in [5, 5.41) is 13.5. The van der Waals surface area contributed by atoms with Crippen molar-refractivity contribution in [3.63, 3.8) is 0 Å². The van der Waals surface area contributed by atoms with Crippen LogP contribution in [-0.2, 0) is 10.4 Å². The summed E-state index contributed by atoms with van der Waals surface area (Å²) >= 11 is 0. The highest BCUT2D eigenvalue weighted by Crippen LogP contribution is 2.38. The van der Waals surface area contributed by atoms with Gasteiger partial charge < -0.3 is 9.67 Å². The molecule has 0 aliphatic heterocycles. The summed E-state index contributed by atoms with van der Waals surface area (Å²) in [4.78, 5) is 17.5. The number of fused-ring (bicyclic) bond motifs is 1. The van der Waals surface area contributed by atoms with E-state index in [1.807, 2.05) is 18.2 Å². The van der Waals surface area contributed by atoms with E-state index in [0.29, 0.717) is 12.0 Å². The van der Waals surface area contributed by atoms with Crippen LogP contribution in [0.15, 0.2) is 18.2 Å². The maximum Gasteiger partial charge on any atom is 0.229 e. The summed E-state index contributed by atoms with van der Waals surface area (Å²) in [5.41, 5.74) is 1.86. The van der Waals surface area contributed by atoms with E-state index in [2.05, 4.69) is 9.88 Å². The van der Waals surface area contributed by atoms with Crippen LogP contribution in [-0.4, -0.2) is 20.6 Å². The van der Waals surface area contributed by atoms with E-state index in [1.54, 1.807) is 13.8 Å². The molecular formula is C21H29N3O2. The molecular weight excluding hydrogens is 326 g/mol. The standard InChI is InChI=1S/C21H29N3O2/c1-21(2,26)15-11-12-17-18(13-15)24(16-9-6-10-16)20(22-17)23-19(25)14-7-4-3-5-8-14/h11-14,16,26H,3-10H2,1-2H3,(H,22,23,25).